The van der Waals surface area contributed by atoms with Gasteiger partial charge in [-0.2, -0.15) is 0 Å². The van der Waals surface area contributed by atoms with Crippen LogP contribution in [0.15, 0.2) is 77.2 Å². The summed E-state index contributed by atoms with van der Waals surface area (Å²) in [6.45, 7) is 3.33. The van der Waals surface area contributed by atoms with Crippen LogP contribution in [0.3, 0.4) is 0 Å². The molecule has 2 aromatic carbocycles. The topological polar surface area (TPSA) is 28.4 Å². The summed E-state index contributed by atoms with van der Waals surface area (Å²) >= 11 is 3.98. The zero-order valence-corrected chi connectivity index (χ0v) is 14.0. The van der Waals surface area contributed by atoms with Crippen molar-refractivity contribution in [1.29, 1.82) is 0 Å². The van der Waals surface area contributed by atoms with Crippen LogP contribution in [0.4, 0.5) is 0 Å². The molecule has 23 heavy (non-hydrogen) atoms. The lowest BCUT2D eigenvalue weighted by Gasteiger charge is -2.00. The molecule has 0 saturated carbocycles. The van der Waals surface area contributed by atoms with Crippen LogP contribution in [0.25, 0.3) is 22.5 Å². The van der Waals surface area contributed by atoms with Crippen LogP contribution in [0, 0.1) is 6.92 Å². The molecule has 1 aromatic heterocycles. The molecule has 0 aliphatic rings. The fraction of sp³-hybridized carbons (Fsp3) is 0.100. The SMILES string of the molecule is CC(=O)[S-].Cc1cc(-c2ccccc2)cc(-c2ccccc2)[o+]1. The Morgan fingerprint density at radius 1 is 0.826 bits per heavy atom. The van der Waals surface area contributed by atoms with Crippen LogP contribution in [0.5, 0.6) is 0 Å². The zero-order valence-electron chi connectivity index (χ0n) is 13.2. The number of carbonyl (C=O) groups is 1. The lowest BCUT2D eigenvalue weighted by Crippen LogP contribution is -1.84. The molecule has 0 N–H and O–H groups in total. The van der Waals surface area contributed by atoms with Gasteiger partial charge in [0.1, 0.15) is 0 Å². The Labute approximate surface area is 142 Å². The van der Waals surface area contributed by atoms with E-state index in [-0.39, 0.29) is 5.12 Å². The Kier molecular flexibility index (Phi) is 6.01. The quantitative estimate of drug-likeness (QED) is 0.474. The highest BCUT2D eigenvalue weighted by molar-refractivity contribution is 7.76. The monoisotopic (exact) mass is 322 g/mol. The largest absolute Gasteiger partial charge is 0.742 e. The molecule has 116 valence electrons. The molecule has 3 aromatic rings. The summed E-state index contributed by atoms with van der Waals surface area (Å²) in [4.78, 5) is 9.26. The van der Waals surface area contributed by atoms with Gasteiger partial charge in [-0.15, -0.1) is 0 Å². The molecular formula is C20H18O2S. The van der Waals surface area contributed by atoms with Crippen LogP contribution >= 0.6 is 0 Å². The fourth-order valence-electron chi connectivity index (χ4n) is 2.18. The van der Waals surface area contributed by atoms with Crippen molar-refractivity contribution in [3.8, 4) is 22.5 Å². The highest BCUT2D eigenvalue weighted by Gasteiger charge is 2.15. The number of benzene rings is 2. The molecule has 0 spiro atoms. The van der Waals surface area contributed by atoms with Gasteiger partial charge >= 0.3 is 11.5 Å². The molecule has 0 aliphatic carbocycles. The third-order valence-corrected chi connectivity index (χ3v) is 3.08. The van der Waals surface area contributed by atoms with Gasteiger partial charge in [0.15, 0.2) is 0 Å². The molecular weight excluding hydrogens is 304 g/mol. The molecule has 0 bridgehead atoms. The molecule has 0 fully saturated rings. The second-order valence-corrected chi connectivity index (χ2v) is 5.62. The summed E-state index contributed by atoms with van der Waals surface area (Å²) in [7, 11) is 0. The molecule has 0 aliphatic heterocycles. The van der Waals surface area contributed by atoms with Gasteiger partial charge in [0.05, 0.1) is 18.6 Å². The predicted octanol–water partition coefficient (Wildman–Crippen LogP) is 5.28. The molecule has 0 saturated heterocycles. The average molecular weight is 322 g/mol. The molecule has 3 heteroatoms. The van der Waals surface area contributed by atoms with Crippen molar-refractivity contribution in [3.63, 3.8) is 0 Å². The van der Waals surface area contributed by atoms with E-state index in [9.17, 15) is 4.79 Å². The molecule has 0 radical (unpaired) electrons. The molecule has 0 amide bonds. The average Bonchev–Trinajstić information content (AvgIpc) is 2.55. The van der Waals surface area contributed by atoms with Gasteiger partial charge in [0.2, 0.25) is 0 Å². The zero-order chi connectivity index (χ0) is 16.7. The van der Waals surface area contributed by atoms with Gasteiger partial charge in [0, 0.05) is 16.7 Å². The standard InChI is InChI=1S/C18H15O.C2H4OS/c1-14-12-17(15-8-4-2-5-9-15)13-18(19-14)16-10-6-3-7-11-16;1-2(3)4/h2-13H,1H3;1H3,(H,3,4)/q+1;/p-1. The normalized spacial score (nSPS) is 9.65. The third-order valence-electron chi connectivity index (χ3n) is 3.08. The maximum absolute atomic E-state index is 9.26. The molecule has 3 rings (SSSR count). The Bertz CT molecular complexity index is 706. The molecule has 1 heterocycles. The first-order valence-corrected chi connectivity index (χ1v) is 7.70. The van der Waals surface area contributed by atoms with Crippen molar-refractivity contribution >= 4 is 17.7 Å². The number of hydrogen-bond donors (Lipinski definition) is 0. The van der Waals surface area contributed by atoms with Crippen molar-refractivity contribution in [2.75, 3.05) is 0 Å². The van der Waals surface area contributed by atoms with E-state index in [1.165, 1.54) is 18.1 Å². The van der Waals surface area contributed by atoms with Crippen molar-refractivity contribution in [2.24, 2.45) is 0 Å². The van der Waals surface area contributed by atoms with E-state index in [0.717, 1.165) is 17.1 Å². The maximum Gasteiger partial charge on any atom is 0.360 e. The van der Waals surface area contributed by atoms with E-state index < -0.39 is 0 Å². The van der Waals surface area contributed by atoms with Crippen LogP contribution in [-0.4, -0.2) is 5.12 Å². The van der Waals surface area contributed by atoms with E-state index in [0.29, 0.717) is 0 Å². The highest BCUT2D eigenvalue weighted by Crippen LogP contribution is 2.27. The highest BCUT2D eigenvalue weighted by atomic mass is 32.1. The minimum atomic E-state index is -0.250. The summed E-state index contributed by atoms with van der Waals surface area (Å²) in [5.41, 5.74) is 3.49. The number of hydrogen-bond acceptors (Lipinski definition) is 2. The first-order chi connectivity index (χ1) is 11.1. The van der Waals surface area contributed by atoms with E-state index in [1.807, 2.05) is 31.2 Å². The third kappa shape index (κ3) is 5.31. The molecule has 0 atom stereocenters. The molecule has 0 unspecified atom stereocenters. The predicted molar refractivity (Wildman–Crippen MR) is 96.8 cm³/mol. The lowest BCUT2D eigenvalue weighted by atomic mass is 10.0. The number of carbonyl (C=O) groups excluding carboxylic acids is 1. The van der Waals surface area contributed by atoms with Crippen LogP contribution in [0.1, 0.15) is 12.7 Å². The van der Waals surface area contributed by atoms with Gasteiger partial charge in [0.25, 0.3) is 0 Å². The second-order valence-electron chi connectivity index (χ2n) is 5.04. The minimum Gasteiger partial charge on any atom is -0.742 e. The number of rotatable bonds is 2. The summed E-state index contributed by atoms with van der Waals surface area (Å²) in [6.07, 6.45) is 0. The summed E-state index contributed by atoms with van der Waals surface area (Å²) in [5, 5.41) is -0.250. The van der Waals surface area contributed by atoms with Gasteiger partial charge < -0.3 is 17.4 Å². The summed E-state index contributed by atoms with van der Waals surface area (Å²) in [5.74, 6) is 1.82. The van der Waals surface area contributed by atoms with E-state index in [4.69, 9.17) is 4.42 Å². The van der Waals surface area contributed by atoms with E-state index >= 15 is 0 Å². The van der Waals surface area contributed by atoms with Crippen LogP contribution < -0.4 is 0 Å². The fourth-order valence-corrected chi connectivity index (χ4v) is 2.18. The van der Waals surface area contributed by atoms with Gasteiger partial charge in [-0.25, -0.2) is 4.42 Å². The summed E-state index contributed by atoms with van der Waals surface area (Å²) < 4.78 is 5.83. The van der Waals surface area contributed by atoms with Gasteiger partial charge in [-0.3, -0.25) is 0 Å². The van der Waals surface area contributed by atoms with Gasteiger partial charge in [-0.1, -0.05) is 48.5 Å². The van der Waals surface area contributed by atoms with Crippen LogP contribution in [-0.2, 0) is 17.4 Å². The van der Waals surface area contributed by atoms with Crippen LogP contribution in [0.2, 0.25) is 0 Å². The first kappa shape index (κ1) is 16.8. The second kappa shape index (κ2) is 8.20. The van der Waals surface area contributed by atoms with Gasteiger partial charge in [-0.05, 0) is 24.6 Å². The van der Waals surface area contributed by atoms with Crippen molar-refractivity contribution in [2.45, 2.75) is 13.8 Å². The van der Waals surface area contributed by atoms with Crippen molar-refractivity contribution < 1.29 is 9.21 Å². The Balaban J connectivity index is 0.000000433. The van der Waals surface area contributed by atoms with E-state index in [2.05, 4.69) is 61.2 Å². The minimum absolute atomic E-state index is 0.250. The van der Waals surface area contributed by atoms with Crippen molar-refractivity contribution in [3.05, 3.63) is 78.6 Å². The lowest BCUT2D eigenvalue weighted by molar-refractivity contribution is -0.109. The first-order valence-electron chi connectivity index (χ1n) is 7.29. The smallest absolute Gasteiger partial charge is 0.360 e. The number of aryl methyl sites for hydroxylation is 1. The Morgan fingerprint density at radius 3 is 1.83 bits per heavy atom. The van der Waals surface area contributed by atoms with Crippen molar-refractivity contribution in [1.82, 2.24) is 0 Å². The van der Waals surface area contributed by atoms with E-state index in [1.54, 1.807) is 0 Å². The molecule has 2 nitrogen and oxygen atoms in total. The Hall–Kier alpha value is -2.52. The summed E-state index contributed by atoms with van der Waals surface area (Å²) in [6, 6.07) is 24.7. The maximum atomic E-state index is 9.26. The Morgan fingerprint density at radius 2 is 1.30 bits per heavy atom.